The number of pyridine rings is 1. The highest BCUT2D eigenvalue weighted by atomic mass is 16.5. The number of fused-ring (bicyclic) bond motifs is 1. The molecule has 0 saturated heterocycles. The third-order valence-corrected chi connectivity index (χ3v) is 4.59. The molecule has 134 valence electrons. The molecule has 1 atom stereocenters. The number of hydrogen-bond donors (Lipinski definition) is 0. The zero-order valence-corrected chi connectivity index (χ0v) is 14.6. The average molecular weight is 360 g/mol. The van der Waals surface area contributed by atoms with Gasteiger partial charge in [0.05, 0.1) is 24.4 Å². The van der Waals surface area contributed by atoms with Crippen molar-refractivity contribution < 1.29 is 9.26 Å². The summed E-state index contributed by atoms with van der Waals surface area (Å²) in [6.45, 7) is 3.05. The van der Waals surface area contributed by atoms with E-state index in [1.54, 1.807) is 12.4 Å². The maximum absolute atomic E-state index is 6.05. The molecule has 4 aromatic rings. The molecule has 0 aliphatic carbocycles. The van der Waals surface area contributed by atoms with Crippen molar-refractivity contribution in [2.45, 2.75) is 26.2 Å². The Morgan fingerprint density at radius 3 is 2.85 bits per heavy atom. The number of aromatic nitrogens is 6. The van der Waals surface area contributed by atoms with E-state index in [0.29, 0.717) is 30.6 Å². The van der Waals surface area contributed by atoms with E-state index in [-0.39, 0.29) is 6.10 Å². The SMILES string of the molecule is Cc1ccc([C@@H]2Cn3nnc(-c4noc(-c5cccnc5)n4)c3CO2)cc1. The summed E-state index contributed by atoms with van der Waals surface area (Å²) in [4.78, 5) is 8.49. The molecule has 0 bridgehead atoms. The Balaban J connectivity index is 1.42. The van der Waals surface area contributed by atoms with E-state index in [1.165, 1.54) is 5.56 Å². The fraction of sp³-hybridized carbons (Fsp3) is 0.211. The van der Waals surface area contributed by atoms with Crippen LogP contribution in [0.4, 0.5) is 0 Å². The van der Waals surface area contributed by atoms with Crippen molar-refractivity contribution in [3.63, 3.8) is 0 Å². The van der Waals surface area contributed by atoms with Crippen molar-refractivity contribution in [2.75, 3.05) is 0 Å². The minimum atomic E-state index is -0.0520. The molecule has 8 heteroatoms. The Kier molecular flexibility index (Phi) is 3.75. The molecule has 0 N–H and O–H groups in total. The monoisotopic (exact) mass is 360 g/mol. The van der Waals surface area contributed by atoms with Crippen LogP contribution in [0.25, 0.3) is 23.0 Å². The fourth-order valence-electron chi connectivity index (χ4n) is 3.09. The Labute approximate surface area is 154 Å². The van der Waals surface area contributed by atoms with Gasteiger partial charge in [-0.25, -0.2) is 4.68 Å². The maximum atomic E-state index is 6.05. The largest absolute Gasteiger partial charge is 0.365 e. The summed E-state index contributed by atoms with van der Waals surface area (Å²) in [5.41, 5.74) is 4.53. The van der Waals surface area contributed by atoms with Crippen LogP contribution < -0.4 is 0 Å². The van der Waals surface area contributed by atoms with E-state index >= 15 is 0 Å². The molecule has 0 spiro atoms. The van der Waals surface area contributed by atoms with Crippen molar-refractivity contribution in [2.24, 2.45) is 0 Å². The summed E-state index contributed by atoms with van der Waals surface area (Å²) in [6.07, 6.45) is 3.31. The summed E-state index contributed by atoms with van der Waals surface area (Å²) in [5, 5.41) is 12.6. The summed E-state index contributed by atoms with van der Waals surface area (Å²) in [6, 6.07) is 12.0. The molecule has 3 aromatic heterocycles. The van der Waals surface area contributed by atoms with E-state index in [2.05, 4.69) is 56.6 Å². The minimum Gasteiger partial charge on any atom is -0.365 e. The second kappa shape index (κ2) is 6.40. The lowest BCUT2D eigenvalue weighted by atomic mass is 10.1. The van der Waals surface area contributed by atoms with Gasteiger partial charge in [0, 0.05) is 12.4 Å². The van der Waals surface area contributed by atoms with Crippen molar-refractivity contribution in [3.8, 4) is 23.0 Å². The number of benzene rings is 1. The van der Waals surface area contributed by atoms with Crippen LogP contribution >= 0.6 is 0 Å². The summed E-state index contributed by atoms with van der Waals surface area (Å²) >= 11 is 0. The second-order valence-corrected chi connectivity index (χ2v) is 6.44. The first-order valence-electron chi connectivity index (χ1n) is 8.63. The van der Waals surface area contributed by atoms with Crippen LogP contribution in [0.2, 0.25) is 0 Å². The molecule has 5 rings (SSSR count). The molecule has 4 heterocycles. The van der Waals surface area contributed by atoms with Crippen molar-refractivity contribution in [1.29, 1.82) is 0 Å². The van der Waals surface area contributed by atoms with Crippen LogP contribution in [0.3, 0.4) is 0 Å². The second-order valence-electron chi connectivity index (χ2n) is 6.44. The van der Waals surface area contributed by atoms with Crippen molar-refractivity contribution in [3.05, 3.63) is 65.6 Å². The predicted octanol–water partition coefficient (Wildman–Crippen LogP) is 2.97. The lowest BCUT2D eigenvalue weighted by Gasteiger charge is -2.24. The third-order valence-electron chi connectivity index (χ3n) is 4.59. The van der Waals surface area contributed by atoms with Crippen molar-refractivity contribution >= 4 is 0 Å². The highest BCUT2D eigenvalue weighted by Gasteiger charge is 2.27. The molecule has 1 aromatic carbocycles. The summed E-state index contributed by atoms with van der Waals surface area (Å²) in [7, 11) is 0. The first kappa shape index (κ1) is 15.8. The fourth-order valence-corrected chi connectivity index (χ4v) is 3.09. The van der Waals surface area contributed by atoms with Crippen molar-refractivity contribution in [1.82, 2.24) is 30.1 Å². The van der Waals surface area contributed by atoms with Gasteiger partial charge in [0.2, 0.25) is 5.82 Å². The molecule has 27 heavy (non-hydrogen) atoms. The van der Waals surface area contributed by atoms with Gasteiger partial charge in [-0.2, -0.15) is 4.98 Å². The molecule has 0 unspecified atom stereocenters. The topological polar surface area (TPSA) is 91.8 Å². The zero-order valence-electron chi connectivity index (χ0n) is 14.6. The van der Waals surface area contributed by atoms with Crippen LogP contribution in [-0.2, 0) is 17.9 Å². The standard InChI is InChI=1S/C19H16N6O2/c1-12-4-6-13(7-5-12)16-10-25-15(11-26-16)17(22-24-25)18-21-19(27-23-18)14-3-2-8-20-9-14/h2-9,16H,10-11H2,1H3/t16-/m0/s1. The van der Waals surface area contributed by atoms with Gasteiger partial charge in [-0.15, -0.1) is 5.10 Å². The van der Waals surface area contributed by atoms with Gasteiger partial charge < -0.3 is 9.26 Å². The Hall–Kier alpha value is -3.39. The zero-order chi connectivity index (χ0) is 18.2. The molecule has 0 amide bonds. The van der Waals surface area contributed by atoms with Gasteiger partial charge in [0.25, 0.3) is 5.89 Å². The minimum absolute atomic E-state index is 0.0520. The van der Waals surface area contributed by atoms with Crippen LogP contribution in [-0.4, -0.2) is 30.1 Å². The van der Waals surface area contributed by atoms with E-state index in [0.717, 1.165) is 16.8 Å². The van der Waals surface area contributed by atoms with Gasteiger partial charge in [0.15, 0.2) is 5.69 Å². The van der Waals surface area contributed by atoms with E-state index in [4.69, 9.17) is 9.26 Å². The molecular formula is C19H16N6O2. The molecule has 0 saturated carbocycles. The number of aryl methyl sites for hydroxylation is 1. The highest BCUT2D eigenvalue weighted by molar-refractivity contribution is 5.57. The van der Waals surface area contributed by atoms with Crippen LogP contribution in [0, 0.1) is 6.92 Å². The van der Waals surface area contributed by atoms with Gasteiger partial charge >= 0.3 is 0 Å². The maximum Gasteiger partial charge on any atom is 0.259 e. The van der Waals surface area contributed by atoms with E-state index in [1.807, 2.05) is 16.8 Å². The normalized spacial score (nSPS) is 16.3. The number of nitrogens with zero attached hydrogens (tertiary/aromatic N) is 6. The van der Waals surface area contributed by atoms with Gasteiger partial charge in [-0.1, -0.05) is 40.2 Å². The Bertz CT molecular complexity index is 1070. The summed E-state index contributed by atoms with van der Waals surface area (Å²) < 4.78 is 13.2. The molecule has 1 aliphatic heterocycles. The van der Waals surface area contributed by atoms with E-state index in [9.17, 15) is 0 Å². The van der Waals surface area contributed by atoms with Crippen LogP contribution in [0.1, 0.15) is 22.9 Å². The van der Waals surface area contributed by atoms with Gasteiger partial charge in [-0.3, -0.25) is 4.98 Å². The van der Waals surface area contributed by atoms with E-state index < -0.39 is 0 Å². The predicted molar refractivity (Wildman–Crippen MR) is 95.3 cm³/mol. The smallest absolute Gasteiger partial charge is 0.259 e. The summed E-state index contributed by atoms with van der Waals surface area (Å²) in [5.74, 6) is 0.793. The third kappa shape index (κ3) is 2.89. The van der Waals surface area contributed by atoms with Gasteiger partial charge in [-0.05, 0) is 24.6 Å². The molecule has 8 nitrogen and oxygen atoms in total. The first-order chi connectivity index (χ1) is 13.3. The molecular weight excluding hydrogens is 344 g/mol. The average Bonchev–Trinajstić information content (AvgIpc) is 3.36. The number of rotatable bonds is 3. The Morgan fingerprint density at radius 1 is 1.15 bits per heavy atom. The first-order valence-corrected chi connectivity index (χ1v) is 8.63. The molecule has 0 radical (unpaired) electrons. The van der Waals surface area contributed by atoms with Crippen LogP contribution in [0.5, 0.6) is 0 Å². The highest BCUT2D eigenvalue weighted by Crippen LogP contribution is 2.30. The quantitative estimate of drug-likeness (QED) is 0.554. The molecule has 0 fully saturated rings. The van der Waals surface area contributed by atoms with Gasteiger partial charge in [0.1, 0.15) is 6.10 Å². The number of ether oxygens (including phenoxy) is 1. The lowest BCUT2D eigenvalue weighted by Crippen LogP contribution is -2.22. The molecule has 1 aliphatic rings. The van der Waals surface area contributed by atoms with Crippen LogP contribution in [0.15, 0.2) is 53.3 Å². The Morgan fingerprint density at radius 2 is 2.04 bits per heavy atom. The number of hydrogen-bond acceptors (Lipinski definition) is 7. The lowest BCUT2D eigenvalue weighted by molar-refractivity contribution is -0.00112.